The number of amides is 3. The number of nitrogens with zero attached hydrogens (tertiary/aromatic N) is 1. The lowest BCUT2D eigenvalue weighted by atomic mass is 10.1. The van der Waals surface area contributed by atoms with E-state index in [1.807, 2.05) is 52.0 Å². The molecule has 0 fully saturated rings. The van der Waals surface area contributed by atoms with Gasteiger partial charge in [-0.1, -0.05) is 41.9 Å². The van der Waals surface area contributed by atoms with Gasteiger partial charge in [0, 0.05) is 16.9 Å². The maximum absolute atomic E-state index is 13.1. The van der Waals surface area contributed by atoms with Crippen molar-refractivity contribution >= 4 is 46.4 Å². The number of hydrogen-bond acceptors (Lipinski definition) is 4. The van der Waals surface area contributed by atoms with Crippen LogP contribution >= 0.6 is 11.6 Å². The maximum atomic E-state index is 13.1. The lowest BCUT2D eigenvalue weighted by molar-refractivity contribution is -0.120. The number of carbonyl (C=O) groups is 3. The normalized spacial score (nSPS) is 13.5. The predicted molar refractivity (Wildman–Crippen MR) is 135 cm³/mol. The molecule has 1 aliphatic rings. The van der Waals surface area contributed by atoms with Crippen LogP contribution in [0.15, 0.2) is 71.4 Å². The third-order valence-corrected chi connectivity index (χ3v) is 6.44. The minimum atomic E-state index is -0.591. The van der Waals surface area contributed by atoms with Crippen molar-refractivity contribution in [1.82, 2.24) is 0 Å². The lowest BCUT2D eigenvalue weighted by Crippen LogP contribution is -2.33. The number of nitrogens with one attached hydrogen (secondary N) is 2. The van der Waals surface area contributed by atoms with Crippen molar-refractivity contribution in [2.24, 2.45) is 0 Å². The second-order valence-electron chi connectivity index (χ2n) is 8.26. The fraction of sp³-hybridized carbons (Fsp3) is 0.148. The summed E-state index contributed by atoms with van der Waals surface area (Å²) in [7, 11) is 0. The van der Waals surface area contributed by atoms with Crippen molar-refractivity contribution in [3.05, 3.63) is 99.2 Å². The van der Waals surface area contributed by atoms with E-state index in [0.717, 1.165) is 32.8 Å². The minimum Gasteiger partial charge on any atom is -0.350 e. The van der Waals surface area contributed by atoms with Crippen molar-refractivity contribution in [3.8, 4) is 0 Å². The van der Waals surface area contributed by atoms with E-state index in [1.54, 1.807) is 36.4 Å². The Balaban J connectivity index is 1.57. The van der Waals surface area contributed by atoms with Gasteiger partial charge >= 0.3 is 0 Å². The standard InChI is InChI=1S/C27H24ClN3O3/c1-15-8-5-12-21(17(15)3)30-25(32)19-10-7-11-20(14-19)29-24-23(28)26(33)31(27(24)34)22-13-6-9-16(2)18(22)4/h5-14,29H,1-4H3,(H,30,32). The zero-order valence-corrected chi connectivity index (χ0v) is 20.1. The van der Waals surface area contributed by atoms with E-state index in [4.69, 9.17) is 11.6 Å². The maximum Gasteiger partial charge on any atom is 0.283 e. The number of carbonyl (C=O) groups excluding carboxylic acids is 3. The van der Waals surface area contributed by atoms with Gasteiger partial charge in [0.15, 0.2) is 0 Å². The van der Waals surface area contributed by atoms with Crippen LogP contribution in [-0.4, -0.2) is 17.7 Å². The number of benzene rings is 3. The van der Waals surface area contributed by atoms with Crippen LogP contribution < -0.4 is 15.5 Å². The molecule has 0 aliphatic carbocycles. The average Bonchev–Trinajstić information content (AvgIpc) is 3.02. The van der Waals surface area contributed by atoms with Gasteiger partial charge in [-0.05, 0) is 80.3 Å². The summed E-state index contributed by atoms with van der Waals surface area (Å²) in [6.45, 7) is 7.69. The summed E-state index contributed by atoms with van der Waals surface area (Å²) in [6, 6.07) is 17.8. The fourth-order valence-electron chi connectivity index (χ4n) is 3.77. The zero-order chi connectivity index (χ0) is 24.6. The Kier molecular flexibility index (Phi) is 6.26. The van der Waals surface area contributed by atoms with Gasteiger partial charge in [-0.15, -0.1) is 0 Å². The monoisotopic (exact) mass is 473 g/mol. The SMILES string of the molecule is Cc1cccc(NC(=O)c2cccc(NC3=C(Cl)C(=O)N(c4cccc(C)c4C)C3=O)c2)c1C. The second kappa shape index (κ2) is 9.15. The van der Waals surface area contributed by atoms with Crippen molar-refractivity contribution in [3.63, 3.8) is 0 Å². The summed E-state index contributed by atoms with van der Waals surface area (Å²) in [5, 5.41) is 5.66. The number of imide groups is 1. The number of aryl methyl sites for hydroxylation is 2. The highest BCUT2D eigenvalue weighted by Crippen LogP contribution is 2.33. The molecule has 3 aromatic carbocycles. The molecule has 4 rings (SSSR count). The van der Waals surface area contributed by atoms with Crippen LogP contribution in [0.1, 0.15) is 32.6 Å². The van der Waals surface area contributed by atoms with Crippen LogP contribution in [0, 0.1) is 27.7 Å². The van der Waals surface area contributed by atoms with Gasteiger partial charge in [0.25, 0.3) is 17.7 Å². The molecule has 3 amide bonds. The number of halogens is 1. The van der Waals surface area contributed by atoms with E-state index in [0.29, 0.717) is 16.9 Å². The first-order valence-electron chi connectivity index (χ1n) is 10.8. The molecular formula is C27H24ClN3O3. The molecule has 34 heavy (non-hydrogen) atoms. The van der Waals surface area contributed by atoms with E-state index < -0.39 is 11.8 Å². The van der Waals surface area contributed by atoms with Crippen LogP contribution in [0.3, 0.4) is 0 Å². The number of anilines is 3. The van der Waals surface area contributed by atoms with Gasteiger partial charge in [-0.2, -0.15) is 0 Å². The first kappa shape index (κ1) is 23.3. The zero-order valence-electron chi connectivity index (χ0n) is 19.3. The van der Waals surface area contributed by atoms with E-state index >= 15 is 0 Å². The first-order chi connectivity index (χ1) is 16.2. The van der Waals surface area contributed by atoms with Crippen LogP contribution in [0.5, 0.6) is 0 Å². The molecule has 0 saturated carbocycles. The largest absolute Gasteiger partial charge is 0.350 e. The van der Waals surface area contributed by atoms with Crippen LogP contribution in [0.4, 0.5) is 17.1 Å². The molecular weight excluding hydrogens is 450 g/mol. The summed E-state index contributed by atoms with van der Waals surface area (Å²) >= 11 is 6.28. The van der Waals surface area contributed by atoms with E-state index in [2.05, 4.69) is 10.6 Å². The van der Waals surface area contributed by atoms with Gasteiger partial charge in [0.1, 0.15) is 10.7 Å². The Morgan fingerprint density at radius 1 is 0.824 bits per heavy atom. The number of rotatable bonds is 5. The molecule has 2 N–H and O–H groups in total. The van der Waals surface area contributed by atoms with Crippen molar-refractivity contribution in [2.75, 3.05) is 15.5 Å². The Bertz CT molecular complexity index is 1380. The molecule has 0 spiro atoms. The molecule has 0 bridgehead atoms. The van der Waals surface area contributed by atoms with Gasteiger partial charge in [0.2, 0.25) is 0 Å². The Morgan fingerprint density at radius 3 is 2.21 bits per heavy atom. The quantitative estimate of drug-likeness (QED) is 0.472. The molecule has 0 saturated heterocycles. The van der Waals surface area contributed by atoms with Crippen LogP contribution in [-0.2, 0) is 9.59 Å². The molecule has 0 atom stereocenters. The molecule has 6 nitrogen and oxygen atoms in total. The van der Waals surface area contributed by atoms with E-state index in [-0.39, 0.29) is 16.6 Å². The highest BCUT2D eigenvalue weighted by Gasteiger charge is 2.39. The van der Waals surface area contributed by atoms with Crippen molar-refractivity contribution in [2.45, 2.75) is 27.7 Å². The van der Waals surface area contributed by atoms with Crippen molar-refractivity contribution in [1.29, 1.82) is 0 Å². The highest BCUT2D eigenvalue weighted by molar-refractivity contribution is 6.53. The molecule has 1 aliphatic heterocycles. The van der Waals surface area contributed by atoms with Crippen LogP contribution in [0.2, 0.25) is 0 Å². The smallest absolute Gasteiger partial charge is 0.283 e. The first-order valence-corrected chi connectivity index (χ1v) is 11.2. The molecule has 0 unspecified atom stereocenters. The molecule has 7 heteroatoms. The molecule has 1 heterocycles. The van der Waals surface area contributed by atoms with Crippen molar-refractivity contribution < 1.29 is 14.4 Å². The third-order valence-electron chi connectivity index (χ3n) is 6.09. The summed E-state index contributed by atoms with van der Waals surface area (Å²) in [5.74, 6) is -1.43. The molecule has 3 aromatic rings. The summed E-state index contributed by atoms with van der Waals surface area (Å²) in [5.41, 5.74) is 5.90. The van der Waals surface area contributed by atoms with Gasteiger partial charge < -0.3 is 10.6 Å². The lowest BCUT2D eigenvalue weighted by Gasteiger charge is -2.18. The molecule has 0 aromatic heterocycles. The third kappa shape index (κ3) is 4.20. The molecule has 0 radical (unpaired) electrons. The highest BCUT2D eigenvalue weighted by atomic mass is 35.5. The summed E-state index contributed by atoms with van der Waals surface area (Å²) in [6.07, 6.45) is 0. The van der Waals surface area contributed by atoms with E-state index in [1.165, 1.54) is 0 Å². The minimum absolute atomic E-state index is 0.0281. The van der Waals surface area contributed by atoms with Gasteiger partial charge in [-0.3, -0.25) is 14.4 Å². The Hall–Kier alpha value is -3.90. The predicted octanol–water partition coefficient (Wildman–Crippen LogP) is 5.61. The Morgan fingerprint density at radius 2 is 1.47 bits per heavy atom. The van der Waals surface area contributed by atoms with Gasteiger partial charge in [0.05, 0.1) is 5.69 Å². The molecule has 172 valence electrons. The van der Waals surface area contributed by atoms with E-state index in [9.17, 15) is 14.4 Å². The fourth-order valence-corrected chi connectivity index (χ4v) is 3.98. The van der Waals surface area contributed by atoms with Crippen LogP contribution in [0.25, 0.3) is 0 Å². The average molecular weight is 474 g/mol. The topological polar surface area (TPSA) is 78.5 Å². The summed E-state index contributed by atoms with van der Waals surface area (Å²) in [4.78, 5) is 39.9. The Labute approximate surface area is 203 Å². The summed E-state index contributed by atoms with van der Waals surface area (Å²) < 4.78 is 0. The second-order valence-corrected chi connectivity index (χ2v) is 8.64. The number of hydrogen-bond donors (Lipinski definition) is 2. The van der Waals surface area contributed by atoms with Gasteiger partial charge in [-0.25, -0.2) is 4.90 Å².